The van der Waals surface area contributed by atoms with E-state index in [1.165, 1.54) is 0 Å². The lowest BCUT2D eigenvalue weighted by molar-refractivity contribution is 0.174. The summed E-state index contributed by atoms with van der Waals surface area (Å²) in [5.41, 5.74) is 6.46. The molecule has 7 heteroatoms. The van der Waals surface area contributed by atoms with Gasteiger partial charge in [-0.2, -0.15) is 10.5 Å². The van der Waals surface area contributed by atoms with Gasteiger partial charge >= 0.3 is 0 Å². The maximum Gasteiger partial charge on any atom is 0.231 e. The van der Waals surface area contributed by atoms with Crippen LogP contribution in [0.2, 0.25) is 0 Å². The maximum absolute atomic E-state index is 9.40. The van der Waals surface area contributed by atoms with Crippen LogP contribution >= 0.6 is 0 Å². The van der Waals surface area contributed by atoms with E-state index in [0.29, 0.717) is 36.5 Å². The van der Waals surface area contributed by atoms with E-state index in [4.69, 9.17) is 14.7 Å². The van der Waals surface area contributed by atoms with Gasteiger partial charge in [-0.25, -0.2) is 4.98 Å². The second-order valence-electron chi connectivity index (χ2n) is 7.98. The number of rotatable bonds is 7. The number of hydrogen-bond donors (Lipinski definition) is 1. The van der Waals surface area contributed by atoms with Gasteiger partial charge in [0.25, 0.3) is 0 Å². The quantitative estimate of drug-likeness (QED) is 0.452. The first-order valence-electron chi connectivity index (χ1n) is 10.9. The van der Waals surface area contributed by atoms with Crippen molar-refractivity contribution in [3.05, 3.63) is 101 Å². The molecular weight excluding hydrogens is 426 g/mol. The van der Waals surface area contributed by atoms with Crippen LogP contribution in [0.4, 0.5) is 0 Å². The number of benzene rings is 3. The van der Waals surface area contributed by atoms with Crippen LogP contribution in [-0.2, 0) is 19.6 Å². The Kier molecular flexibility index (Phi) is 5.94. The smallest absolute Gasteiger partial charge is 0.231 e. The zero-order chi connectivity index (χ0) is 23.3. The van der Waals surface area contributed by atoms with Crippen LogP contribution in [0.5, 0.6) is 11.5 Å². The number of nitrogens with one attached hydrogen (secondary N) is 1. The summed E-state index contributed by atoms with van der Waals surface area (Å²) in [7, 11) is 0. The Morgan fingerprint density at radius 3 is 2.50 bits per heavy atom. The highest BCUT2D eigenvalue weighted by molar-refractivity contribution is 5.72. The molecule has 1 aliphatic rings. The number of hydrogen-bond acceptors (Lipinski definition) is 6. The highest BCUT2D eigenvalue weighted by Crippen LogP contribution is 2.37. The van der Waals surface area contributed by atoms with Crippen molar-refractivity contribution in [3.63, 3.8) is 0 Å². The molecule has 1 N–H and O–H groups in total. The molecule has 0 saturated carbocycles. The normalized spacial score (nSPS) is 11.7. The van der Waals surface area contributed by atoms with Gasteiger partial charge in [0.05, 0.1) is 35.3 Å². The number of nitriles is 2. The van der Waals surface area contributed by atoms with Gasteiger partial charge in [-0.3, -0.25) is 0 Å². The van der Waals surface area contributed by atoms with Crippen LogP contribution in [-0.4, -0.2) is 16.3 Å². The molecule has 0 unspecified atom stereocenters. The van der Waals surface area contributed by atoms with E-state index in [9.17, 15) is 5.26 Å². The monoisotopic (exact) mass is 447 g/mol. The first-order chi connectivity index (χ1) is 16.7. The van der Waals surface area contributed by atoms with E-state index in [2.05, 4.69) is 27.0 Å². The molecule has 0 amide bonds. The minimum absolute atomic E-state index is 0.224. The van der Waals surface area contributed by atoms with Gasteiger partial charge in [0.2, 0.25) is 6.79 Å². The molecule has 166 valence electrons. The summed E-state index contributed by atoms with van der Waals surface area (Å²) in [5.74, 6) is 1.45. The number of aromatic nitrogens is 2. The van der Waals surface area contributed by atoms with Gasteiger partial charge in [0.15, 0.2) is 11.5 Å². The lowest BCUT2D eigenvalue weighted by Crippen LogP contribution is -2.16. The second-order valence-corrected chi connectivity index (χ2v) is 7.98. The lowest BCUT2D eigenvalue weighted by Gasteiger charge is -2.13. The van der Waals surface area contributed by atoms with Gasteiger partial charge in [-0.15, -0.1) is 0 Å². The van der Waals surface area contributed by atoms with E-state index in [0.717, 1.165) is 33.7 Å². The Hall–Kier alpha value is -4.59. The minimum atomic E-state index is 0.224. The van der Waals surface area contributed by atoms with Crippen molar-refractivity contribution in [1.29, 1.82) is 10.5 Å². The predicted octanol–water partition coefficient (Wildman–Crippen LogP) is 4.36. The van der Waals surface area contributed by atoms with Crippen molar-refractivity contribution >= 4 is 0 Å². The van der Waals surface area contributed by atoms with Crippen molar-refractivity contribution in [2.45, 2.75) is 19.6 Å². The molecule has 34 heavy (non-hydrogen) atoms. The Morgan fingerprint density at radius 2 is 1.68 bits per heavy atom. The first-order valence-corrected chi connectivity index (χ1v) is 10.9. The summed E-state index contributed by atoms with van der Waals surface area (Å²) in [6, 6.07) is 23.5. The topological polar surface area (TPSA) is 95.9 Å². The fraction of sp³-hybridized carbons (Fsp3) is 0.148. The molecule has 0 bridgehead atoms. The predicted molar refractivity (Wildman–Crippen MR) is 126 cm³/mol. The third-order valence-electron chi connectivity index (χ3n) is 5.78. The standard InChI is InChI=1S/C27H21N5O2/c28-11-19-1-3-20(4-2-19)16-32-17-31-15-24(32)14-30-13-23-6-5-21(12-29)9-25(23)22-7-8-26-27(10-22)34-18-33-26/h1-10,15,17,30H,13-14,16,18H2. The van der Waals surface area contributed by atoms with Crippen molar-refractivity contribution in [1.82, 2.24) is 14.9 Å². The van der Waals surface area contributed by atoms with Gasteiger partial charge in [0, 0.05) is 25.8 Å². The fourth-order valence-electron chi connectivity index (χ4n) is 3.98. The molecule has 0 spiro atoms. The lowest BCUT2D eigenvalue weighted by atomic mass is 9.97. The highest BCUT2D eigenvalue weighted by Gasteiger charge is 2.16. The van der Waals surface area contributed by atoms with Gasteiger partial charge in [-0.05, 0) is 58.7 Å². The molecule has 1 aromatic heterocycles. The van der Waals surface area contributed by atoms with E-state index in [1.807, 2.05) is 73.2 Å². The minimum Gasteiger partial charge on any atom is -0.454 e. The average Bonchev–Trinajstić information content (AvgIpc) is 3.53. The molecule has 0 saturated heterocycles. The summed E-state index contributed by atoms with van der Waals surface area (Å²) >= 11 is 0. The van der Waals surface area contributed by atoms with Crippen molar-refractivity contribution in [3.8, 4) is 34.8 Å². The summed E-state index contributed by atoms with van der Waals surface area (Å²) in [5, 5.41) is 21.9. The van der Waals surface area contributed by atoms with Crippen LogP contribution in [0.1, 0.15) is 27.9 Å². The number of fused-ring (bicyclic) bond motifs is 1. The third kappa shape index (κ3) is 4.47. The molecule has 0 atom stereocenters. The largest absolute Gasteiger partial charge is 0.454 e. The van der Waals surface area contributed by atoms with Crippen LogP contribution in [0, 0.1) is 22.7 Å². The Bertz CT molecular complexity index is 1410. The van der Waals surface area contributed by atoms with E-state index in [1.54, 1.807) is 0 Å². The number of imidazole rings is 1. The van der Waals surface area contributed by atoms with Crippen molar-refractivity contribution < 1.29 is 9.47 Å². The Labute approximate surface area is 197 Å². The fourth-order valence-corrected chi connectivity index (χ4v) is 3.98. The van der Waals surface area contributed by atoms with Crippen LogP contribution < -0.4 is 14.8 Å². The van der Waals surface area contributed by atoms with E-state index in [-0.39, 0.29) is 6.79 Å². The Morgan fingerprint density at radius 1 is 0.882 bits per heavy atom. The molecule has 0 fully saturated rings. The van der Waals surface area contributed by atoms with Gasteiger partial charge in [-0.1, -0.05) is 24.3 Å². The molecular formula is C27H21N5O2. The third-order valence-corrected chi connectivity index (χ3v) is 5.78. The van der Waals surface area contributed by atoms with Crippen LogP contribution in [0.25, 0.3) is 11.1 Å². The first kappa shape index (κ1) is 21.3. The summed E-state index contributed by atoms with van der Waals surface area (Å²) < 4.78 is 13.0. The van der Waals surface area contributed by atoms with Gasteiger partial charge < -0.3 is 19.4 Å². The average molecular weight is 447 g/mol. The van der Waals surface area contributed by atoms with E-state index >= 15 is 0 Å². The molecule has 5 rings (SSSR count). The number of ether oxygens (including phenoxy) is 2. The summed E-state index contributed by atoms with van der Waals surface area (Å²) in [6.07, 6.45) is 3.67. The summed E-state index contributed by atoms with van der Waals surface area (Å²) in [4.78, 5) is 4.31. The SMILES string of the molecule is N#Cc1ccc(Cn2cncc2CNCc2ccc(C#N)cc2-c2ccc3c(c2)OCO3)cc1. The molecule has 4 aromatic rings. The highest BCUT2D eigenvalue weighted by atomic mass is 16.7. The van der Waals surface area contributed by atoms with Gasteiger partial charge in [0.1, 0.15) is 0 Å². The molecule has 0 radical (unpaired) electrons. The van der Waals surface area contributed by atoms with E-state index < -0.39 is 0 Å². The Balaban J connectivity index is 1.30. The zero-order valence-corrected chi connectivity index (χ0v) is 18.4. The van der Waals surface area contributed by atoms with Crippen LogP contribution in [0.3, 0.4) is 0 Å². The molecule has 7 nitrogen and oxygen atoms in total. The molecule has 3 aromatic carbocycles. The van der Waals surface area contributed by atoms with Crippen LogP contribution in [0.15, 0.2) is 73.2 Å². The molecule has 0 aliphatic carbocycles. The number of nitrogens with zero attached hydrogens (tertiary/aromatic N) is 4. The zero-order valence-electron chi connectivity index (χ0n) is 18.4. The maximum atomic E-state index is 9.40. The summed E-state index contributed by atoms with van der Waals surface area (Å²) in [6.45, 7) is 2.16. The molecule has 2 heterocycles. The second kappa shape index (κ2) is 9.50. The van der Waals surface area contributed by atoms with Crippen molar-refractivity contribution in [2.75, 3.05) is 6.79 Å². The van der Waals surface area contributed by atoms with Crippen molar-refractivity contribution in [2.24, 2.45) is 0 Å². The molecule has 1 aliphatic heterocycles.